The summed E-state index contributed by atoms with van der Waals surface area (Å²) in [5.41, 5.74) is 6.01. The van der Waals surface area contributed by atoms with Gasteiger partial charge in [0.05, 0.1) is 13.2 Å². The van der Waals surface area contributed by atoms with Gasteiger partial charge in [0, 0.05) is 6.42 Å². The van der Waals surface area contributed by atoms with Crippen LogP contribution < -0.4 is 11.1 Å². The van der Waals surface area contributed by atoms with Crippen molar-refractivity contribution in [1.82, 2.24) is 5.32 Å². The van der Waals surface area contributed by atoms with Crippen LogP contribution in [0.4, 0.5) is 0 Å². The van der Waals surface area contributed by atoms with E-state index in [9.17, 15) is 14.7 Å². The first-order chi connectivity index (χ1) is 9.06. The highest BCUT2D eigenvalue weighted by Gasteiger charge is 2.21. The number of phenolic OH excluding ortho intramolecular Hbond substituents is 1. The smallest absolute Gasteiger partial charge is 0.328 e. The Kier molecular flexibility index (Phi) is 5.81. The molecule has 0 aliphatic heterocycles. The summed E-state index contributed by atoms with van der Waals surface area (Å²) in [5.74, 6) is -0.781. The largest absolute Gasteiger partial charge is 0.508 e. The maximum absolute atomic E-state index is 11.7. The number of amides is 1. The molecule has 0 aromatic heterocycles. The average Bonchev–Trinajstić information content (AvgIpc) is 2.40. The number of phenols is 1. The summed E-state index contributed by atoms with van der Waals surface area (Å²) >= 11 is 0. The molecule has 0 bridgehead atoms. The summed E-state index contributed by atoms with van der Waals surface area (Å²) in [6, 6.07) is 5.61. The maximum Gasteiger partial charge on any atom is 0.328 e. The van der Waals surface area contributed by atoms with Crippen LogP contribution in [-0.2, 0) is 20.7 Å². The van der Waals surface area contributed by atoms with Crippen LogP contribution in [0.5, 0.6) is 5.75 Å². The number of carbonyl (C=O) groups is 2. The molecule has 0 spiro atoms. The van der Waals surface area contributed by atoms with E-state index in [1.54, 1.807) is 19.1 Å². The van der Waals surface area contributed by atoms with E-state index in [0.717, 1.165) is 5.56 Å². The predicted octanol–water partition coefficient (Wildman–Crippen LogP) is -0.0587. The zero-order valence-electron chi connectivity index (χ0n) is 10.8. The minimum absolute atomic E-state index is 0.141. The lowest BCUT2D eigenvalue weighted by molar-refractivity contribution is -0.147. The van der Waals surface area contributed by atoms with Crippen molar-refractivity contribution < 1.29 is 19.4 Å². The van der Waals surface area contributed by atoms with Crippen molar-refractivity contribution in [2.24, 2.45) is 5.73 Å². The number of hydrogen-bond donors (Lipinski definition) is 3. The van der Waals surface area contributed by atoms with Crippen molar-refractivity contribution in [3.8, 4) is 5.75 Å². The third kappa shape index (κ3) is 4.97. The summed E-state index contributed by atoms with van der Waals surface area (Å²) in [5, 5.41) is 11.7. The monoisotopic (exact) mass is 266 g/mol. The van der Waals surface area contributed by atoms with Gasteiger partial charge in [-0.15, -0.1) is 0 Å². The van der Waals surface area contributed by atoms with Crippen LogP contribution in [0.15, 0.2) is 24.3 Å². The number of hydrogen-bond acceptors (Lipinski definition) is 5. The van der Waals surface area contributed by atoms with Gasteiger partial charge in [-0.25, -0.2) is 4.79 Å². The summed E-state index contributed by atoms with van der Waals surface area (Å²) in [6.45, 7) is 1.75. The number of nitrogens with one attached hydrogen (secondary N) is 1. The van der Waals surface area contributed by atoms with Gasteiger partial charge in [-0.3, -0.25) is 4.79 Å². The molecule has 104 valence electrons. The zero-order chi connectivity index (χ0) is 14.3. The van der Waals surface area contributed by atoms with E-state index in [-0.39, 0.29) is 25.3 Å². The molecule has 19 heavy (non-hydrogen) atoms. The van der Waals surface area contributed by atoms with Gasteiger partial charge in [0.25, 0.3) is 0 Å². The molecule has 1 aromatic carbocycles. The van der Waals surface area contributed by atoms with E-state index in [2.05, 4.69) is 5.32 Å². The van der Waals surface area contributed by atoms with Gasteiger partial charge in [0.2, 0.25) is 5.91 Å². The Morgan fingerprint density at radius 1 is 1.37 bits per heavy atom. The standard InChI is InChI=1S/C13H18N2O4/c1-2-19-13(18)11(15-12(17)8-14)7-9-3-5-10(16)6-4-9/h3-6,11,16H,2,7-8,14H2,1H3,(H,15,17)/t11-/m1/s1. The highest BCUT2D eigenvalue weighted by Crippen LogP contribution is 2.11. The van der Waals surface area contributed by atoms with Crippen LogP contribution in [0.25, 0.3) is 0 Å². The van der Waals surface area contributed by atoms with Crippen LogP contribution >= 0.6 is 0 Å². The molecule has 0 fully saturated rings. The third-order valence-corrected chi connectivity index (χ3v) is 2.47. The first kappa shape index (κ1) is 15.0. The van der Waals surface area contributed by atoms with Crippen molar-refractivity contribution in [2.45, 2.75) is 19.4 Å². The minimum Gasteiger partial charge on any atom is -0.508 e. The van der Waals surface area contributed by atoms with Gasteiger partial charge >= 0.3 is 5.97 Å². The fraction of sp³-hybridized carbons (Fsp3) is 0.385. The normalized spacial score (nSPS) is 11.7. The molecule has 1 atom stereocenters. The SMILES string of the molecule is CCOC(=O)[C@@H](Cc1ccc(O)cc1)NC(=O)CN. The van der Waals surface area contributed by atoms with Crippen LogP contribution in [0, 0.1) is 0 Å². The van der Waals surface area contributed by atoms with Crippen LogP contribution in [0.3, 0.4) is 0 Å². The van der Waals surface area contributed by atoms with Crippen molar-refractivity contribution in [3.63, 3.8) is 0 Å². The minimum atomic E-state index is -0.777. The Bertz CT molecular complexity index is 431. The Morgan fingerprint density at radius 3 is 2.53 bits per heavy atom. The number of aromatic hydroxyl groups is 1. The van der Waals surface area contributed by atoms with E-state index in [1.165, 1.54) is 12.1 Å². The van der Waals surface area contributed by atoms with Crippen LogP contribution in [0.2, 0.25) is 0 Å². The van der Waals surface area contributed by atoms with Crippen molar-refractivity contribution >= 4 is 11.9 Å². The molecule has 1 amide bonds. The Morgan fingerprint density at radius 2 is 2.00 bits per heavy atom. The van der Waals surface area contributed by atoms with Gasteiger partial charge in [-0.05, 0) is 24.6 Å². The third-order valence-electron chi connectivity index (χ3n) is 2.47. The lowest BCUT2D eigenvalue weighted by atomic mass is 10.1. The number of carbonyl (C=O) groups excluding carboxylic acids is 2. The number of rotatable bonds is 6. The van der Waals surface area contributed by atoms with Gasteiger partial charge in [0.1, 0.15) is 11.8 Å². The van der Waals surface area contributed by atoms with Crippen molar-refractivity contribution in [2.75, 3.05) is 13.2 Å². The highest BCUT2D eigenvalue weighted by molar-refractivity contribution is 5.85. The molecule has 0 radical (unpaired) electrons. The van der Waals surface area contributed by atoms with Crippen molar-refractivity contribution in [1.29, 1.82) is 0 Å². The molecular formula is C13H18N2O4. The molecule has 6 nitrogen and oxygen atoms in total. The summed E-state index contributed by atoms with van der Waals surface area (Å²) in [7, 11) is 0. The molecule has 0 saturated heterocycles. The highest BCUT2D eigenvalue weighted by atomic mass is 16.5. The quantitative estimate of drug-likeness (QED) is 0.626. The average molecular weight is 266 g/mol. The van der Waals surface area contributed by atoms with E-state index in [1.807, 2.05) is 0 Å². The Balaban J connectivity index is 2.75. The molecule has 0 aliphatic rings. The van der Waals surface area contributed by atoms with Crippen molar-refractivity contribution in [3.05, 3.63) is 29.8 Å². The molecule has 0 saturated carbocycles. The van der Waals surface area contributed by atoms with E-state index < -0.39 is 17.9 Å². The summed E-state index contributed by atoms with van der Waals surface area (Å²) < 4.78 is 4.90. The van der Waals surface area contributed by atoms with E-state index >= 15 is 0 Å². The first-order valence-electron chi connectivity index (χ1n) is 6.00. The first-order valence-corrected chi connectivity index (χ1v) is 6.00. The lowest BCUT2D eigenvalue weighted by Crippen LogP contribution is -2.45. The van der Waals surface area contributed by atoms with Crippen LogP contribution in [0.1, 0.15) is 12.5 Å². The molecule has 0 heterocycles. The van der Waals surface area contributed by atoms with E-state index in [4.69, 9.17) is 10.5 Å². The number of ether oxygens (including phenoxy) is 1. The second-order valence-electron chi connectivity index (χ2n) is 3.95. The van der Waals surface area contributed by atoms with Crippen LogP contribution in [-0.4, -0.2) is 36.2 Å². The molecule has 1 aromatic rings. The molecular weight excluding hydrogens is 248 g/mol. The molecule has 6 heteroatoms. The fourth-order valence-electron chi connectivity index (χ4n) is 1.56. The molecule has 0 unspecified atom stereocenters. The van der Waals surface area contributed by atoms with Gasteiger partial charge in [-0.1, -0.05) is 12.1 Å². The maximum atomic E-state index is 11.7. The Labute approximate surface area is 111 Å². The molecule has 0 aliphatic carbocycles. The van der Waals surface area contributed by atoms with Gasteiger partial charge in [0.15, 0.2) is 0 Å². The summed E-state index contributed by atoms with van der Waals surface area (Å²) in [6.07, 6.45) is 0.283. The van der Waals surface area contributed by atoms with E-state index in [0.29, 0.717) is 0 Å². The fourth-order valence-corrected chi connectivity index (χ4v) is 1.56. The number of benzene rings is 1. The number of nitrogens with two attached hydrogens (primary N) is 1. The summed E-state index contributed by atoms with van der Waals surface area (Å²) in [4.78, 5) is 23.0. The topological polar surface area (TPSA) is 102 Å². The second kappa shape index (κ2) is 7.38. The Hall–Kier alpha value is -2.08. The zero-order valence-corrected chi connectivity index (χ0v) is 10.8. The predicted molar refractivity (Wildman–Crippen MR) is 69.4 cm³/mol. The number of esters is 1. The molecule has 4 N–H and O–H groups in total. The van der Waals surface area contributed by atoms with Gasteiger partial charge in [-0.2, -0.15) is 0 Å². The van der Waals surface area contributed by atoms with Gasteiger partial charge < -0.3 is 20.9 Å². The molecule has 1 rings (SSSR count). The second-order valence-corrected chi connectivity index (χ2v) is 3.95. The lowest BCUT2D eigenvalue weighted by Gasteiger charge is -2.17.